The fraction of sp³-hybridized carbons (Fsp3) is 0.571. The Bertz CT molecular complexity index is 269. The van der Waals surface area contributed by atoms with E-state index in [4.69, 9.17) is 5.11 Å². The lowest BCUT2D eigenvalue weighted by molar-refractivity contribution is 0.475. The Kier molecular flexibility index (Phi) is 7.15. The van der Waals surface area contributed by atoms with Crippen molar-refractivity contribution in [1.82, 2.24) is 0 Å². The van der Waals surface area contributed by atoms with E-state index >= 15 is 0 Å². The van der Waals surface area contributed by atoms with Gasteiger partial charge in [0.15, 0.2) is 0 Å². The first-order chi connectivity index (χ1) is 7.83. The Labute approximate surface area is 103 Å². The molecule has 0 atom stereocenters. The second-order valence-electron chi connectivity index (χ2n) is 4.09. The van der Waals surface area contributed by atoms with Crippen LogP contribution in [0.5, 0.6) is 5.75 Å². The molecule has 0 radical (unpaired) electrons. The SMILES string of the molecule is CCCCCSCCCc1ccc(O)cc1. The molecule has 0 aliphatic heterocycles. The number of unbranched alkanes of at least 4 members (excludes halogenated alkanes) is 2. The van der Waals surface area contributed by atoms with Gasteiger partial charge in [-0.2, -0.15) is 11.8 Å². The van der Waals surface area contributed by atoms with E-state index in [2.05, 4.69) is 18.7 Å². The Hall–Kier alpha value is -0.630. The Morgan fingerprint density at radius 1 is 1.00 bits per heavy atom. The van der Waals surface area contributed by atoms with Crippen molar-refractivity contribution in [2.75, 3.05) is 11.5 Å². The molecule has 1 nitrogen and oxygen atoms in total. The van der Waals surface area contributed by atoms with E-state index in [1.54, 1.807) is 12.1 Å². The number of hydrogen-bond acceptors (Lipinski definition) is 2. The van der Waals surface area contributed by atoms with E-state index in [1.165, 1.54) is 42.8 Å². The molecular weight excluding hydrogens is 216 g/mol. The average Bonchev–Trinajstić information content (AvgIpc) is 2.30. The third-order valence-electron chi connectivity index (χ3n) is 2.58. The third kappa shape index (κ3) is 6.06. The van der Waals surface area contributed by atoms with Gasteiger partial charge in [-0.05, 0) is 48.5 Å². The maximum absolute atomic E-state index is 9.14. The number of phenols is 1. The highest BCUT2D eigenvalue weighted by atomic mass is 32.2. The summed E-state index contributed by atoms with van der Waals surface area (Å²) in [6.07, 6.45) is 6.40. The molecular formula is C14H22OS. The highest BCUT2D eigenvalue weighted by molar-refractivity contribution is 7.99. The topological polar surface area (TPSA) is 20.2 Å². The zero-order chi connectivity index (χ0) is 11.6. The summed E-state index contributed by atoms with van der Waals surface area (Å²) in [4.78, 5) is 0. The lowest BCUT2D eigenvalue weighted by Gasteiger charge is -2.02. The molecule has 0 aliphatic carbocycles. The van der Waals surface area contributed by atoms with Gasteiger partial charge in [0.25, 0.3) is 0 Å². The predicted octanol–water partition coefficient (Wildman–Crippen LogP) is 4.25. The standard InChI is InChI=1S/C14H22OS/c1-2-3-4-11-16-12-5-6-13-7-9-14(15)10-8-13/h7-10,15H,2-6,11-12H2,1H3. The minimum Gasteiger partial charge on any atom is -0.508 e. The Balaban J connectivity index is 2.01. The van der Waals surface area contributed by atoms with Gasteiger partial charge < -0.3 is 5.11 Å². The van der Waals surface area contributed by atoms with Gasteiger partial charge in [0.2, 0.25) is 0 Å². The average molecular weight is 238 g/mol. The van der Waals surface area contributed by atoms with Crippen molar-refractivity contribution in [2.45, 2.75) is 39.0 Å². The maximum Gasteiger partial charge on any atom is 0.115 e. The highest BCUT2D eigenvalue weighted by Crippen LogP contribution is 2.13. The normalized spacial score (nSPS) is 10.6. The van der Waals surface area contributed by atoms with E-state index in [1.807, 2.05) is 12.1 Å². The van der Waals surface area contributed by atoms with Crippen LogP contribution in [-0.2, 0) is 6.42 Å². The molecule has 1 N–H and O–H groups in total. The van der Waals surface area contributed by atoms with Crippen molar-refractivity contribution in [2.24, 2.45) is 0 Å². The number of phenolic OH excluding ortho intramolecular Hbond substituents is 1. The van der Waals surface area contributed by atoms with Crippen LogP contribution in [0.3, 0.4) is 0 Å². The predicted molar refractivity (Wildman–Crippen MR) is 73.3 cm³/mol. The van der Waals surface area contributed by atoms with Crippen molar-refractivity contribution in [1.29, 1.82) is 0 Å². The molecule has 0 heterocycles. The van der Waals surface area contributed by atoms with Crippen LogP contribution in [0.1, 0.15) is 38.2 Å². The molecule has 1 aromatic rings. The van der Waals surface area contributed by atoms with Gasteiger partial charge in [0.1, 0.15) is 5.75 Å². The van der Waals surface area contributed by atoms with E-state index in [0.717, 1.165) is 6.42 Å². The van der Waals surface area contributed by atoms with Crippen molar-refractivity contribution >= 4 is 11.8 Å². The lowest BCUT2D eigenvalue weighted by atomic mass is 10.1. The number of benzene rings is 1. The maximum atomic E-state index is 9.14. The second-order valence-corrected chi connectivity index (χ2v) is 5.31. The first-order valence-corrected chi connectivity index (χ1v) is 7.34. The van der Waals surface area contributed by atoms with Crippen LogP contribution in [-0.4, -0.2) is 16.6 Å². The third-order valence-corrected chi connectivity index (χ3v) is 3.74. The van der Waals surface area contributed by atoms with Gasteiger partial charge in [0, 0.05) is 0 Å². The summed E-state index contributed by atoms with van der Waals surface area (Å²) >= 11 is 2.07. The van der Waals surface area contributed by atoms with Gasteiger partial charge in [-0.25, -0.2) is 0 Å². The largest absolute Gasteiger partial charge is 0.508 e. The summed E-state index contributed by atoms with van der Waals surface area (Å²) in [6.45, 7) is 2.25. The van der Waals surface area contributed by atoms with E-state index in [9.17, 15) is 0 Å². The molecule has 0 fully saturated rings. The minimum atomic E-state index is 0.359. The fourth-order valence-electron chi connectivity index (χ4n) is 1.60. The van der Waals surface area contributed by atoms with Gasteiger partial charge in [-0.1, -0.05) is 31.9 Å². The van der Waals surface area contributed by atoms with Crippen LogP contribution < -0.4 is 0 Å². The first kappa shape index (κ1) is 13.4. The molecule has 0 saturated heterocycles. The molecule has 90 valence electrons. The van der Waals surface area contributed by atoms with Gasteiger partial charge in [-0.3, -0.25) is 0 Å². The van der Waals surface area contributed by atoms with Crippen LogP contribution in [0.2, 0.25) is 0 Å². The molecule has 16 heavy (non-hydrogen) atoms. The molecule has 1 rings (SSSR count). The van der Waals surface area contributed by atoms with Crippen molar-refractivity contribution in [3.63, 3.8) is 0 Å². The number of aryl methyl sites for hydroxylation is 1. The van der Waals surface area contributed by atoms with Crippen molar-refractivity contribution in [3.8, 4) is 5.75 Å². The number of thioether (sulfide) groups is 1. The van der Waals surface area contributed by atoms with Crippen LogP contribution in [0.25, 0.3) is 0 Å². The summed E-state index contributed by atoms with van der Waals surface area (Å²) < 4.78 is 0. The number of aromatic hydroxyl groups is 1. The van der Waals surface area contributed by atoms with E-state index < -0.39 is 0 Å². The van der Waals surface area contributed by atoms with Crippen molar-refractivity contribution in [3.05, 3.63) is 29.8 Å². The quantitative estimate of drug-likeness (QED) is 0.683. The zero-order valence-electron chi connectivity index (χ0n) is 10.1. The number of hydrogen-bond donors (Lipinski definition) is 1. The summed E-state index contributed by atoms with van der Waals surface area (Å²) in [7, 11) is 0. The number of rotatable bonds is 8. The summed E-state index contributed by atoms with van der Waals surface area (Å²) in [5.41, 5.74) is 1.33. The van der Waals surface area contributed by atoms with Gasteiger partial charge >= 0.3 is 0 Å². The molecule has 0 amide bonds. The molecule has 0 aliphatic rings. The fourth-order valence-corrected chi connectivity index (χ4v) is 2.56. The minimum absolute atomic E-state index is 0.359. The van der Waals surface area contributed by atoms with Crippen LogP contribution in [0.15, 0.2) is 24.3 Å². The molecule has 2 heteroatoms. The summed E-state index contributed by atoms with van der Waals surface area (Å²) in [5, 5.41) is 9.14. The smallest absolute Gasteiger partial charge is 0.115 e. The van der Waals surface area contributed by atoms with E-state index in [-0.39, 0.29) is 0 Å². The molecule has 1 aromatic carbocycles. The Morgan fingerprint density at radius 2 is 1.69 bits per heavy atom. The molecule has 0 spiro atoms. The highest BCUT2D eigenvalue weighted by Gasteiger charge is 1.94. The lowest BCUT2D eigenvalue weighted by Crippen LogP contribution is -1.89. The second kappa shape index (κ2) is 8.51. The molecule has 0 aromatic heterocycles. The molecule has 0 unspecified atom stereocenters. The zero-order valence-corrected chi connectivity index (χ0v) is 10.9. The van der Waals surface area contributed by atoms with Crippen LogP contribution in [0.4, 0.5) is 0 Å². The monoisotopic (exact) mass is 238 g/mol. The Morgan fingerprint density at radius 3 is 2.38 bits per heavy atom. The summed E-state index contributed by atoms with van der Waals surface area (Å²) in [6, 6.07) is 7.56. The van der Waals surface area contributed by atoms with Crippen molar-refractivity contribution < 1.29 is 5.11 Å². The molecule has 0 saturated carbocycles. The van der Waals surface area contributed by atoms with Crippen LogP contribution in [0, 0.1) is 0 Å². The first-order valence-electron chi connectivity index (χ1n) is 6.18. The van der Waals surface area contributed by atoms with Gasteiger partial charge in [-0.15, -0.1) is 0 Å². The van der Waals surface area contributed by atoms with Gasteiger partial charge in [0.05, 0.1) is 0 Å². The van der Waals surface area contributed by atoms with Crippen LogP contribution >= 0.6 is 11.8 Å². The van der Waals surface area contributed by atoms with E-state index in [0.29, 0.717) is 5.75 Å². The summed E-state index contributed by atoms with van der Waals surface area (Å²) in [5.74, 6) is 2.92. The molecule has 0 bridgehead atoms.